The van der Waals surface area contributed by atoms with Crippen LogP contribution in [0.25, 0.3) is 11.1 Å². The van der Waals surface area contributed by atoms with Gasteiger partial charge in [-0.2, -0.15) is 0 Å². The van der Waals surface area contributed by atoms with Gasteiger partial charge in [-0.1, -0.05) is 18.2 Å². The summed E-state index contributed by atoms with van der Waals surface area (Å²) >= 11 is 0. The summed E-state index contributed by atoms with van der Waals surface area (Å²) in [6, 6.07) is 9.15. The summed E-state index contributed by atoms with van der Waals surface area (Å²) in [6.45, 7) is 1.32. The van der Waals surface area contributed by atoms with Crippen molar-refractivity contribution in [3.8, 4) is 0 Å². The molecule has 2 aromatic carbocycles. The van der Waals surface area contributed by atoms with Crippen LogP contribution in [0, 0.1) is 11.6 Å². The molecule has 2 aromatic rings. The summed E-state index contributed by atoms with van der Waals surface area (Å²) < 4.78 is 49.8. The van der Waals surface area contributed by atoms with E-state index in [1.807, 2.05) is 0 Å². The van der Waals surface area contributed by atoms with Gasteiger partial charge < -0.3 is 0 Å². The summed E-state index contributed by atoms with van der Waals surface area (Å²) in [5, 5.41) is 0. The van der Waals surface area contributed by atoms with Crippen LogP contribution < -0.4 is 0 Å². The second-order valence-corrected chi connectivity index (χ2v) is 7.72. The van der Waals surface area contributed by atoms with Gasteiger partial charge in [0.2, 0.25) is 0 Å². The molecule has 0 radical (unpaired) electrons. The van der Waals surface area contributed by atoms with E-state index < -0.39 is 21.5 Å². The average Bonchev–Trinajstić information content (AvgIpc) is 2.54. The minimum absolute atomic E-state index is 0.141. The van der Waals surface area contributed by atoms with Gasteiger partial charge in [0.15, 0.2) is 27.3 Å². The minimum atomic E-state index is -3.35. The smallest absolute Gasteiger partial charge is 0.175 e. The molecule has 0 heterocycles. The lowest BCUT2D eigenvalue weighted by Crippen LogP contribution is -2.03. The first-order chi connectivity index (χ1) is 11.6. The molecule has 0 aliphatic heterocycles. The fourth-order valence-corrected chi connectivity index (χ4v) is 3.32. The van der Waals surface area contributed by atoms with Crippen LogP contribution >= 0.6 is 8.86 Å². The molecule has 0 aliphatic carbocycles. The molecule has 0 aromatic heterocycles. The summed E-state index contributed by atoms with van der Waals surface area (Å²) in [5.41, 5.74) is 1.39. The number of ketones is 1. The quantitative estimate of drug-likeness (QED) is 0.450. The number of hydrogen-bond donors (Lipinski definition) is 0. The standard InChI is InChI=1S/C18H15F2O3PS/c1-11(21)18(13-5-8-16(19)17(20)9-13)15(10-24)12-3-6-14(7-4-12)25(2,22)23/h3-10,24H,1-2H3/b18-15-. The second kappa shape index (κ2) is 7.38. The number of sulfone groups is 1. The van der Waals surface area contributed by atoms with E-state index in [9.17, 15) is 22.0 Å². The zero-order valence-electron chi connectivity index (χ0n) is 13.5. The van der Waals surface area contributed by atoms with Crippen molar-refractivity contribution in [1.82, 2.24) is 0 Å². The third-order valence-electron chi connectivity index (χ3n) is 3.57. The predicted molar refractivity (Wildman–Crippen MR) is 97.8 cm³/mol. The number of hydrogen-bond acceptors (Lipinski definition) is 3. The number of rotatable bonds is 5. The van der Waals surface area contributed by atoms with Crippen molar-refractivity contribution >= 4 is 41.4 Å². The van der Waals surface area contributed by atoms with Crippen molar-refractivity contribution < 1.29 is 22.0 Å². The van der Waals surface area contributed by atoms with Crippen molar-refractivity contribution in [2.24, 2.45) is 0 Å². The zero-order valence-corrected chi connectivity index (χ0v) is 15.3. The van der Waals surface area contributed by atoms with E-state index in [0.717, 1.165) is 18.4 Å². The summed E-state index contributed by atoms with van der Waals surface area (Å²) in [6.07, 6.45) is 1.09. The first-order valence-corrected chi connectivity index (χ1v) is 9.63. The third-order valence-corrected chi connectivity index (χ3v) is 4.98. The van der Waals surface area contributed by atoms with Gasteiger partial charge in [0.05, 0.1) is 4.90 Å². The molecule has 0 spiro atoms. The van der Waals surface area contributed by atoms with Crippen LogP contribution in [0.4, 0.5) is 8.78 Å². The molecule has 0 saturated carbocycles. The Bertz CT molecular complexity index is 978. The Morgan fingerprint density at radius 3 is 2.00 bits per heavy atom. The molecule has 0 N–H and O–H groups in total. The maximum Gasteiger partial charge on any atom is 0.175 e. The highest BCUT2D eigenvalue weighted by molar-refractivity contribution is 7.90. The van der Waals surface area contributed by atoms with Crippen LogP contribution in [0.5, 0.6) is 0 Å². The number of carbonyl (C=O) groups is 1. The molecule has 0 aliphatic rings. The van der Waals surface area contributed by atoms with Crippen LogP contribution in [-0.2, 0) is 14.6 Å². The minimum Gasteiger partial charge on any atom is -0.294 e. The van der Waals surface area contributed by atoms with Crippen LogP contribution in [-0.4, -0.2) is 26.3 Å². The number of carbonyl (C=O) groups excluding carboxylic acids is 1. The number of halogens is 2. The molecule has 0 bridgehead atoms. The van der Waals surface area contributed by atoms with Gasteiger partial charge in [0.1, 0.15) is 0 Å². The van der Waals surface area contributed by atoms with E-state index in [4.69, 9.17) is 0 Å². The Morgan fingerprint density at radius 1 is 1.00 bits per heavy atom. The largest absolute Gasteiger partial charge is 0.294 e. The van der Waals surface area contributed by atoms with Gasteiger partial charge in [-0.25, -0.2) is 17.2 Å². The Labute approximate surface area is 147 Å². The molecule has 0 unspecified atom stereocenters. The first-order valence-electron chi connectivity index (χ1n) is 7.16. The number of benzene rings is 2. The lowest BCUT2D eigenvalue weighted by molar-refractivity contribution is -0.111. The summed E-state index contributed by atoms with van der Waals surface area (Å²) in [4.78, 5) is 12.3. The molecule has 0 atom stereocenters. The van der Waals surface area contributed by atoms with Crippen LogP contribution in [0.15, 0.2) is 47.4 Å². The summed E-state index contributed by atoms with van der Waals surface area (Å²) in [5.74, 6) is -0.930. The van der Waals surface area contributed by atoms with Crippen molar-refractivity contribution in [3.05, 3.63) is 65.2 Å². The van der Waals surface area contributed by atoms with E-state index in [-0.39, 0.29) is 21.8 Å². The van der Waals surface area contributed by atoms with Gasteiger partial charge in [-0.3, -0.25) is 4.79 Å². The molecule has 130 valence electrons. The third kappa shape index (κ3) is 4.27. The molecular formula is C18H15F2O3PS. The van der Waals surface area contributed by atoms with Gasteiger partial charge in [0, 0.05) is 11.8 Å². The monoisotopic (exact) mass is 380 g/mol. The SMILES string of the molecule is CC(=O)/C(=C(\C=P)c1ccc(S(C)(=O)=O)cc1)c1ccc(F)c(F)c1. The highest BCUT2D eigenvalue weighted by Crippen LogP contribution is 2.28. The van der Waals surface area contributed by atoms with E-state index in [1.165, 1.54) is 30.9 Å². The number of allylic oxidation sites excluding steroid dienone is 2. The van der Waals surface area contributed by atoms with Gasteiger partial charge >= 0.3 is 0 Å². The lowest BCUT2D eigenvalue weighted by Gasteiger charge is -2.12. The normalized spacial score (nSPS) is 12.5. The van der Waals surface area contributed by atoms with Gasteiger partial charge in [0.25, 0.3) is 0 Å². The van der Waals surface area contributed by atoms with Gasteiger partial charge in [-0.15, -0.1) is 8.86 Å². The lowest BCUT2D eigenvalue weighted by atomic mass is 9.93. The fourth-order valence-electron chi connectivity index (χ4n) is 2.38. The fraction of sp³-hybridized carbons (Fsp3) is 0.111. The molecule has 0 saturated heterocycles. The molecule has 3 nitrogen and oxygen atoms in total. The van der Waals surface area contributed by atoms with Crippen LogP contribution in [0.1, 0.15) is 18.1 Å². The van der Waals surface area contributed by atoms with Gasteiger partial charge in [-0.05, 0) is 53.7 Å². The van der Waals surface area contributed by atoms with E-state index in [0.29, 0.717) is 11.1 Å². The molecule has 0 amide bonds. The first kappa shape index (κ1) is 19.2. The van der Waals surface area contributed by atoms with Crippen molar-refractivity contribution in [3.63, 3.8) is 0 Å². The van der Waals surface area contributed by atoms with E-state index in [1.54, 1.807) is 12.1 Å². The maximum atomic E-state index is 13.6. The van der Waals surface area contributed by atoms with Crippen molar-refractivity contribution in [2.75, 3.05) is 6.26 Å². The highest BCUT2D eigenvalue weighted by Gasteiger charge is 2.16. The van der Waals surface area contributed by atoms with Crippen LogP contribution in [0.3, 0.4) is 0 Å². The molecular weight excluding hydrogens is 365 g/mol. The second-order valence-electron chi connectivity index (χ2n) is 5.41. The molecule has 25 heavy (non-hydrogen) atoms. The van der Waals surface area contributed by atoms with Crippen molar-refractivity contribution in [2.45, 2.75) is 11.8 Å². The molecule has 7 heteroatoms. The van der Waals surface area contributed by atoms with Crippen LogP contribution in [0.2, 0.25) is 0 Å². The Morgan fingerprint density at radius 2 is 1.56 bits per heavy atom. The highest BCUT2D eigenvalue weighted by atomic mass is 32.2. The Kier molecular flexibility index (Phi) is 5.65. The Hall–Kier alpha value is -2.17. The Balaban J connectivity index is 2.68. The molecule has 2 rings (SSSR count). The number of Topliss-reactive ketones (excluding diaryl/α,β-unsaturated/α-hetero) is 1. The summed E-state index contributed by atoms with van der Waals surface area (Å²) in [7, 11) is -0.104. The van der Waals surface area contributed by atoms with Crippen molar-refractivity contribution in [1.29, 1.82) is 0 Å². The topological polar surface area (TPSA) is 51.2 Å². The average molecular weight is 380 g/mol. The van der Waals surface area contributed by atoms with E-state index in [2.05, 4.69) is 8.86 Å². The molecule has 0 fully saturated rings. The maximum absolute atomic E-state index is 13.6. The zero-order chi connectivity index (χ0) is 18.8. The van der Waals surface area contributed by atoms with E-state index >= 15 is 0 Å². The predicted octanol–water partition coefficient (Wildman–Crippen LogP) is 3.81.